The SMILES string of the molecule is CC(=O)N1CCN(C(=O)c2ccc(Nc3ccc(F)c(F)c3)nc2)CC1. The molecule has 2 amide bonds. The van der Waals surface area contributed by atoms with Crippen LogP contribution in [0.15, 0.2) is 36.5 Å². The molecule has 3 rings (SSSR count). The van der Waals surface area contributed by atoms with Crippen molar-refractivity contribution in [1.82, 2.24) is 14.8 Å². The highest BCUT2D eigenvalue weighted by Gasteiger charge is 2.23. The van der Waals surface area contributed by atoms with Gasteiger partial charge in [-0.15, -0.1) is 0 Å². The quantitative estimate of drug-likeness (QED) is 0.913. The van der Waals surface area contributed by atoms with Crippen LogP contribution in [0.2, 0.25) is 0 Å². The Morgan fingerprint density at radius 3 is 2.27 bits per heavy atom. The maximum Gasteiger partial charge on any atom is 0.255 e. The van der Waals surface area contributed by atoms with Crippen molar-refractivity contribution >= 4 is 23.3 Å². The first-order valence-corrected chi connectivity index (χ1v) is 8.17. The Kier molecular flexibility index (Phi) is 5.11. The first kappa shape index (κ1) is 17.8. The number of anilines is 2. The summed E-state index contributed by atoms with van der Waals surface area (Å²) in [6, 6.07) is 6.67. The Bertz CT molecular complexity index is 818. The predicted octanol–water partition coefficient (Wildman–Crippen LogP) is 2.41. The zero-order chi connectivity index (χ0) is 18.7. The molecule has 0 radical (unpaired) electrons. The maximum absolute atomic E-state index is 13.2. The van der Waals surface area contributed by atoms with Crippen LogP contribution >= 0.6 is 0 Å². The first-order chi connectivity index (χ1) is 12.4. The van der Waals surface area contributed by atoms with E-state index in [0.717, 1.165) is 12.1 Å². The molecule has 8 heteroatoms. The highest BCUT2D eigenvalue weighted by Crippen LogP contribution is 2.18. The first-order valence-electron chi connectivity index (χ1n) is 8.17. The number of benzene rings is 1. The number of aromatic nitrogens is 1. The van der Waals surface area contributed by atoms with Gasteiger partial charge in [-0.05, 0) is 24.3 Å². The maximum atomic E-state index is 13.2. The van der Waals surface area contributed by atoms with Gasteiger partial charge in [-0.3, -0.25) is 9.59 Å². The molecule has 26 heavy (non-hydrogen) atoms. The van der Waals surface area contributed by atoms with E-state index >= 15 is 0 Å². The lowest BCUT2D eigenvalue weighted by molar-refractivity contribution is -0.130. The number of nitrogens with zero attached hydrogens (tertiary/aromatic N) is 3. The van der Waals surface area contributed by atoms with E-state index in [2.05, 4.69) is 10.3 Å². The molecule has 2 heterocycles. The smallest absolute Gasteiger partial charge is 0.255 e. The second kappa shape index (κ2) is 7.47. The minimum Gasteiger partial charge on any atom is -0.340 e. The van der Waals surface area contributed by atoms with Crippen molar-refractivity contribution in [3.63, 3.8) is 0 Å². The lowest BCUT2D eigenvalue weighted by atomic mass is 10.2. The fourth-order valence-corrected chi connectivity index (χ4v) is 2.72. The normalized spacial score (nSPS) is 14.3. The van der Waals surface area contributed by atoms with Crippen LogP contribution in [-0.2, 0) is 4.79 Å². The number of hydrogen-bond acceptors (Lipinski definition) is 4. The molecule has 0 saturated carbocycles. The van der Waals surface area contributed by atoms with Gasteiger partial charge < -0.3 is 15.1 Å². The van der Waals surface area contributed by atoms with Crippen molar-refractivity contribution in [1.29, 1.82) is 0 Å². The standard InChI is InChI=1S/C18H18F2N4O2/c1-12(25)23-6-8-24(9-7-23)18(26)13-2-5-17(21-11-13)22-14-3-4-15(19)16(20)10-14/h2-5,10-11H,6-9H2,1H3,(H,21,22). The molecular weight excluding hydrogens is 342 g/mol. The predicted molar refractivity (Wildman–Crippen MR) is 92.0 cm³/mol. The van der Waals surface area contributed by atoms with Gasteiger partial charge in [0.25, 0.3) is 5.91 Å². The average molecular weight is 360 g/mol. The zero-order valence-corrected chi connectivity index (χ0v) is 14.2. The lowest BCUT2D eigenvalue weighted by Crippen LogP contribution is -2.50. The van der Waals surface area contributed by atoms with Gasteiger partial charge in [0.15, 0.2) is 11.6 Å². The van der Waals surface area contributed by atoms with Crippen molar-refractivity contribution in [3.05, 3.63) is 53.7 Å². The van der Waals surface area contributed by atoms with Gasteiger partial charge in [0.05, 0.1) is 5.56 Å². The summed E-state index contributed by atoms with van der Waals surface area (Å²) in [5, 5.41) is 2.85. The van der Waals surface area contributed by atoms with E-state index in [0.29, 0.717) is 43.2 Å². The highest BCUT2D eigenvalue weighted by molar-refractivity contribution is 5.94. The van der Waals surface area contributed by atoms with Crippen molar-refractivity contribution in [3.8, 4) is 0 Å². The van der Waals surface area contributed by atoms with Crippen LogP contribution in [0.25, 0.3) is 0 Å². The Morgan fingerprint density at radius 1 is 1.00 bits per heavy atom. The summed E-state index contributed by atoms with van der Waals surface area (Å²) < 4.78 is 26.2. The minimum atomic E-state index is -0.952. The third-order valence-electron chi connectivity index (χ3n) is 4.21. The Morgan fingerprint density at radius 2 is 1.69 bits per heavy atom. The van der Waals surface area contributed by atoms with E-state index in [1.807, 2.05) is 0 Å². The number of carbonyl (C=O) groups excluding carboxylic acids is 2. The van der Waals surface area contributed by atoms with Crippen LogP contribution in [-0.4, -0.2) is 52.8 Å². The summed E-state index contributed by atoms with van der Waals surface area (Å²) in [6.45, 7) is 3.51. The number of halogens is 2. The molecular formula is C18H18F2N4O2. The summed E-state index contributed by atoms with van der Waals surface area (Å²) in [5.41, 5.74) is 0.785. The number of amides is 2. The van der Waals surface area contributed by atoms with Crippen LogP contribution in [0.4, 0.5) is 20.3 Å². The third kappa shape index (κ3) is 3.96. The molecule has 0 spiro atoms. The van der Waals surface area contributed by atoms with E-state index in [1.165, 1.54) is 19.2 Å². The molecule has 1 fully saturated rings. The lowest BCUT2D eigenvalue weighted by Gasteiger charge is -2.34. The number of nitrogens with one attached hydrogen (secondary N) is 1. The van der Waals surface area contributed by atoms with E-state index in [4.69, 9.17) is 0 Å². The molecule has 0 aliphatic carbocycles. The number of carbonyl (C=O) groups is 2. The minimum absolute atomic E-state index is 0.00595. The fourth-order valence-electron chi connectivity index (χ4n) is 2.72. The van der Waals surface area contributed by atoms with Gasteiger partial charge in [0, 0.05) is 51.1 Å². The number of rotatable bonds is 3. The van der Waals surface area contributed by atoms with Crippen LogP contribution in [0.3, 0.4) is 0 Å². The second-order valence-electron chi connectivity index (χ2n) is 5.98. The number of hydrogen-bond donors (Lipinski definition) is 1. The molecule has 2 aromatic rings. The summed E-state index contributed by atoms with van der Waals surface area (Å²) in [6.07, 6.45) is 1.43. The second-order valence-corrected chi connectivity index (χ2v) is 5.98. The monoisotopic (exact) mass is 360 g/mol. The van der Waals surface area contributed by atoms with Crippen LogP contribution in [0, 0.1) is 11.6 Å². The van der Waals surface area contributed by atoms with E-state index < -0.39 is 11.6 Å². The molecule has 0 bridgehead atoms. The largest absolute Gasteiger partial charge is 0.340 e. The molecule has 1 aliphatic rings. The van der Waals surface area contributed by atoms with Crippen molar-refractivity contribution in [2.75, 3.05) is 31.5 Å². The molecule has 136 valence electrons. The van der Waals surface area contributed by atoms with E-state index in [9.17, 15) is 18.4 Å². The summed E-state index contributed by atoms with van der Waals surface area (Å²) >= 11 is 0. The van der Waals surface area contributed by atoms with Crippen molar-refractivity contribution < 1.29 is 18.4 Å². The van der Waals surface area contributed by atoms with Gasteiger partial charge in [-0.1, -0.05) is 0 Å². The van der Waals surface area contributed by atoms with Crippen LogP contribution in [0.5, 0.6) is 0 Å². The van der Waals surface area contributed by atoms with E-state index in [-0.39, 0.29) is 11.8 Å². The molecule has 0 unspecified atom stereocenters. The van der Waals surface area contributed by atoms with E-state index in [1.54, 1.807) is 21.9 Å². The van der Waals surface area contributed by atoms with Gasteiger partial charge in [0.1, 0.15) is 5.82 Å². The van der Waals surface area contributed by atoms with Gasteiger partial charge >= 0.3 is 0 Å². The van der Waals surface area contributed by atoms with Crippen molar-refractivity contribution in [2.45, 2.75) is 6.92 Å². The molecule has 0 atom stereocenters. The number of piperazine rings is 1. The molecule has 1 aromatic carbocycles. The Labute approximate surface area is 149 Å². The van der Waals surface area contributed by atoms with Gasteiger partial charge in [-0.25, -0.2) is 13.8 Å². The number of pyridine rings is 1. The average Bonchev–Trinajstić information content (AvgIpc) is 2.65. The fraction of sp³-hybridized carbons (Fsp3) is 0.278. The molecule has 1 aromatic heterocycles. The molecule has 1 saturated heterocycles. The van der Waals surface area contributed by atoms with Gasteiger partial charge in [-0.2, -0.15) is 0 Å². The summed E-state index contributed by atoms with van der Waals surface area (Å²) in [5.74, 6) is -1.61. The third-order valence-corrected chi connectivity index (χ3v) is 4.21. The summed E-state index contributed by atoms with van der Waals surface area (Å²) in [7, 11) is 0. The Hall–Kier alpha value is -3.03. The highest BCUT2D eigenvalue weighted by atomic mass is 19.2. The zero-order valence-electron chi connectivity index (χ0n) is 14.2. The molecule has 1 N–H and O–H groups in total. The van der Waals surface area contributed by atoms with Crippen LogP contribution in [0.1, 0.15) is 17.3 Å². The Balaban J connectivity index is 1.63. The van der Waals surface area contributed by atoms with Crippen molar-refractivity contribution in [2.24, 2.45) is 0 Å². The molecule has 6 nitrogen and oxygen atoms in total. The topological polar surface area (TPSA) is 65.5 Å². The van der Waals surface area contributed by atoms with Crippen LogP contribution < -0.4 is 5.32 Å². The summed E-state index contributed by atoms with van der Waals surface area (Å²) in [4.78, 5) is 31.4. The molecule has 1 aliphatic heterocycles. The van der Waals surface area contributed by atoms with Gasteiger partial charge in [0.2, 0.25) is 5.91 Å².